The number of rotatable bonds is 5. The highest BCUT2D eigenvalue weighted by molar-refractivity contribution is 6.32. The lowest BCUT2D eigenvalue weighted by atomic mass is 10.1. The van der Waals surface area contributed by atoms with Crippen LogP contribution in [-0.4, -0.2) is 6.61 Å². The molecule has 0 bridgehead atoms. The Bertz CT molecular complexity index is 613. The zero-order chi connectivity index (χ0) is 15.4. The molecule has 2 nitrogen and oxygen atoms in total. The minimum absolute atomic E-state index is 0.00232. The summed E-state index contributed by atoms with van der Waals surface area (Å²) in [7, 11) is 0. The van der Waals surface area contributed by atoms with E-state index in [1.165, 1.54) is 18.2 Å². The van der Waals surface area contributed by atoms with E-state index in [9.17, 15) is 8.78 Å². The molecule has 0 amide bonds. The van der Waals surface area contributed by atoms with Gasteiger partial charge in [-0.05, 0) is 44.2 Å². The number of hydrogen-bond donors (Lipinski definition) is 1. The minimum atomic E-state index is -0.577. The first-order valence-electron chi connectivity index (χ1n) is 6.65. The molecule has 5 heteroatoms. The van der Waals surface area contributed by atoms with Crippen molar-refractivity contribution >= 4 is 17.3 Å². The average molecular weight is 312 g/mol. The summed E-state index contributed by atoms with van der Waals surface area (Å²) in [5, 5.41) is 3.48. The fourth-order valence-electron chi connectivity index (χ4n) is 2.11. The van der Waals surface area contributed by atoms with Crippen LogP contribution in [0.25, 0.3) is 0 Å². The van der Waals surface area contributed by atoms with E-state index in [1.807, 2.05) is 6.92 Å². The average Bonchev–Trinajstić information content (AvgIpc) is 2.42. The van der Waals surface area contributed by atoms with Crippen LogP contribution in [0.1, 0.15) is 25.5 Å². The lowest BCUT2D eigenvalue weighted by Gasteiger charge is -2.18. The Balaban J connectivity index is 2.20. The molecule has 0 radical (unpaired) electrons. The van der Waals surface area contributed by atoms with Gasteiger partial charge < -0.3 is 10.1 Å². The summed E-state index contributed by atoms with van der Waals surface area (Å²) >= 11 is 6.09. The van der Waals surface area contributed by atoms with Gasteiger partial charge in [-0.3, -0.25) is 0 Å². The lowest BCUT2D eigenvalue weighted by molar-refractivity contribution is 0.340. The smallest absolute Gasteiger partial charge is 0.138 e. The zero-order valence-electron chi connectivity index (χ0n) is 11.8. The number of hydrogen-bond acceptors (Lipinski definition) is 2. The van der Waals surface area contributed by atoms with Crippen LogP contribution >= 0.6 is 11.6 Å². The molecule has 2 rings (SSSR count). The van der Waals surface area contributed by atoms with Crippen LogP contribution in [-0.2, 0) is 0 Å². The molecule has 0 spiro atoms. The first kappa shape index (κ1) is 15.6. The standard InChI is InChI=1S/C16H16ClF2NO/c1-3-21-15-8-7-11(9-12(15)17)20-10(2)16-13(18)5-4-6-14(16)19/h4-10,20H,3H2,1-2H3. The Hall–Kier alpha value is -1.81. The molecule has 2 aromatic carbocycles. The van der Waals surface area contributed by atoms with E-state index in [0.29, 0.717) is 23.1 Å². The largest absolute Gasteiger partial charge is 0.492 e. The van der Waals surface area contributed by atoms with E-state index in [0.717, 1.165) is 0 Å². The van der Waals surface area contributed by atoms with E-state index in [2.05, 4.69) is 5.32 Å². The van der Waals surface area contributed by atoms with Crippen molar-refractivity contribution in [2.24, 2.45) is 0 Å². The molecule has 0 saturated carbocycles. The van der Waals surface area contributed by atoms with Crippen LogP contribution in [0.15, 0.2) is 36.4 Å². The van der Waals surface area contributed by atoms with Crippen LogP contribution in [0.5, 0.6) is 5.75 Å². The summed E-state index contributed by atoms with van der Waals surface area (Å²) in [4.78, 5) is 0. The monoisotopic (exact) mass is 311 g/mol. The van der Waals surface area contributed by atoms with Gasteiger partial charge in [-0.15, -0.1) is 0 Å². The fourth-order valence-corrected chi connectivity index (χ4v) is 2.34. The Kier molecular flexibility index (Phi) is 5.02. The Morgan fingerprint density at radius 1 is 1.19 bits per heavy atom. The van der Waals surface area contributed by atoms with Gasteiger partial charge in [-0.1, -0.05) is 17.7 Å². The van der Waals surface area contributed by atoms with Gasteiger partial charge in [-0.2, -0.15) is 0 Å². The van der Waals surface area contributed by atoms with Crippen LogP contribution in [0.4, 0.5) is 14.5 Å². The molecule has 112 valence electrons. The van der Waals surface area contributed by atoms with Crippen molar-refractivity contribution in [1.29, 1.82) is 0 Å². The summed E-state index contributed by atoms with van der Waals surface area (Å²) in [6.45, 7) is 4.07. The van der Waals surface area contributed by atoms with Crippen molar-refractivity contribution < 1.29 is 13.5 Å². The zero-order valence-corrected chi connectivity index (χ0v) is 12.5. The summed E-state index contributed by atoms with van der Waals surface area (Å²) in [5.41, 5.74) is 0.668. The maximum Gasteiger partial charge on any atom is 0.138 e. The molecule has 0 aromatic heterocycles. The highest BCUT2D eigenvalue weighted by Gasteiger charge is 2.16. The van der Waals surface area contributed by atoms with E-state index < -0.39 is 17.7 Å². The summed E-state index contributed by atoms with van der Waals surface area (Å²) in [5.74, 6) is -0.575. The van der Waals surface area contributed by atoms with E-state index in [4.69, 9.17) is 16.3 Å². The third kappa shape index (κ3) is 3.64. The topological polar surface area (TPSA) is 21.3 Å². The van der Waals surface area contributed by atoms with Crippen LogP contribution in [0, 0.1) is 11.6 Å². The van der Waals surface area contributed by atoms with E-state index >= 15 is 0 Å². The van der Waals surface area contributed by atoms with Crippen molar-refractivity contribution in [3.05, 3.63) is 58.6 Å². The molecule has 0 aliphatic rings. The van der Waals surface area contributed by atoms with Crippen molar-refractivity contribution in [2.45, 2.75) is 19.9 Å². The number of ether oxygens (including phenoxy) is 1. The maximum atomic E-state index is 13.7. The van der Waals surface area contributed by atoms with Crippen molar-refractivity contribution in [3.63, 3.8) is 0 Å². The molecular weight excluding hydrogens is 296 g/mol. The highest BCUT2D eigenvalue weighted by atomic mass is 35.5. The molecule has 0 fully saturated rings. The van der Waals surface area contributed by atoms with E-state index in [-0.39, 0.29) is 5.56 Å². The van der Waals surface area contributed by atoms with Crippen LogP contribution in [0.2, 0.25) is 5.02 Å². The third-order valence-electron chi connectivity index (χ3n) is 3.05. The maximum absolute atomic E-state index is 13.7. The third-order valence-corrected chi connectivity index (χ3v) is 3.34. The molecule has 21 heavy (non-hydrogen) atoms. The van der Waals surface area contributed by atoms with Gasteiger partial charge >= 0.3 is 0 Å². The molecule has 1 unspecified atom stereocenters. The number of anilines is 1. The fraction of sp³-hybridized carbons (Fsp3) is 0.250. The molecule has 0 saturated heterocycles. The molecule has 1 N–H and O–H groups in total. The second-order valence-corrected chi connectivity index (χ2v) is 4.99. The Morgan fingerprint density at radius 3 is 2.43 bits per heavy atom. The second kappa shape index (κ2) is 6.76. The summed E-state index contributed by atoms with van der Waals surface area (Å²) < 4.78 is 32.8. The molecule has 0 heterocycles. The lowest BCUT2D eigenvalue weighted by Crippen LogP contribution is -2.11. The van der Waals surface area contributed by atoms with Gasteiger partial charge in [0.15, 0.2) is 0 Å². The number of nitrogens with one attached hydrogen (secondary N) is 1. The predicted octanol–water partition coefficient (Wildman–Crippen LogP) is 5.19. The predicted molar refractivity (Wildman–Crippen MR) is 81.0 cm³/mol. The molecule has 0 aliphatic carbocycles. The number of halogens is 3. The van der Waals surface area contributed by atoms with Gasteiger partial charge in [0, 0.05) is 11.3 Å². The van der Waals surface area contributed by atoms with Crippen LogP contribution in [0.3, 0.4) is 0 Å². The van der Waals surface area contributed by atoms with Crippen molar-refractivity contribution in [2.75, 3.05) is 11.9 Å². The summed E-state index contributed by atoms with van der Waals surface area (Å²) in [6, 6.07) is 8.44. The van der Waals surface area contributed by atoms with Crippen LogP contribution < -0.4 is 10.1 Å². The number of benzene rings is 2. The Morgan fingerprint density at radius 2 is 1.86 bits per heavy atom. The summed E-state index contributed by atoms with van der Waals surface area (Å²) in [6.07, 6.45) is 0. The molecule has 1 atom stereocenters. The first-order valence-corrected chi connectivity index (χ1v) is 7.03. The van der Waals surface area contributed by atoms with Gasteiger partial charge in [0.1, 0.15) is 17.4 Å². The van der Waals surface area contributed by atoms with Gasteiger partial charge in [0.25, 0.3) is 0 Å². The SMILES string of the molecule is CCOc1ccc(NC(C)c2c(F)cccc2F)cc1Cl. The second-order valence-electron chi connectivity index (χ2n) is 4.58. The van der Waals surface area contributed by atoms with Gasteiger partial charge in [-0.25, -0.2) is 8.78 Å². The van der Waals surface area contributed by atoms with Gasteiger partial charge in [0.2, 0.25) is 0 Å². The highest BCUT2D eigenvalue weighted by Crippen LogP contribution is 2.30. The van der Waals surface area contributed by atoms with Gasteiger partial charge in [0.05, 0.1) is 17.7 Å². The molecular formula is C16H16ClF2NO. The quantitative estimate of drug-likeness (QED) is 0.820. The van der Waals surface area contributed by atoms with Crippen molar-refractivity contribution in [3.8, 4) is 5.75 Å². The first-order chi connectivity index (χ1) is 10.0. The van der Waals surface area contributed by atoms with E-state index in [1.54, 1.807) is 25.1 Å². The molecule has 2 aromatic rings. The van der Waals surface area contributed by atoms with Crippen molar-refractivity contribution in [1.82, 2.24) is 0 Å². The molecule has 0 aliphatic heterocycles. The Labute approximate surface area is 127 Å². The minimum Gasteiger partial charge on any atom is -0.492 e. The normalized spacial score (nSPS) is 12.0.